The number of hydrogen-bond donors (Lipinski definition) is 0. The number of halogens is 5. The molecule has 0 N–H and O–H groups in total. The Morgan fingerprint density at radius 2 is 2.17 bits per heavy atom. The molecule has 0 saturated carbocycles. The Bertz CT molecular complexity index is 308. The van der Waals surface area contributed by atoms with Crippen molar-refractivity contribution in [1.82, 2.24) is 4.98 Å². The molecule has 0 radical (unpaired) electrons. The Kier molecular flexibility index (Phi) is 3.66. The molecule has 0 aliphatic carbocycles. The van der Waals surface area contributed by atoms with E-state index in [4.69, 9.17) is 11.6 Å². The fraction of sp³-hybridized carbons (Fsp3) is 0.167. The molecule has 0 aliphatic heterocycles. The van der Waals surface area contributed by atoms with Crippen LogP contribution >= 0.6 is 50.1 Å². The maximum Gasteiger partial charge on any atom is 0.266 e. The maximum atomic E-state index is 12.2. The van der Waals surface area contributed by atoms with Crippen molar-refractivity contribution in [3.05, 3.63) is 25.0 Å². The van der Waals surface area contributed by atoms with Gasteiger partial charge in [0.2, 0.25) is 0 Å². The highest BCUT2D eigenvalue weighted by atomic mass is 127. The standard InChI is InChI=1S/C6H2BrClF2IN/c7-3-2(5(9)10)1-12-6(11)4(3)8/h1,5H. The molecule has 1 heterocycles. The van der Waals surface area contributed by atoms with Crippen LogP contribution in [0.3, 0.4) is 0 Å². The van der Waals surface area contributed by atoms with Gasteiger partial charge in [0.1, 0.15) is 3.70 Å². The topological polar surface area (TPSA) is 12.9 Å². The summed E-state index contributed by atoms with van der Waals surface area (Å²) in [5, 5.41) is 0.230. The lowest BCUT2D eigenvalue weighted by atomic mass is 10.3. The van der Waals surface area contributed by atoms with Gasteiger partial charge in [-0.3, -0.25) is 0 Å². The SMILES string of the molecule is FC(F)c1cnc(I)c(Cl)c1Br. The molecule has 0 amide bonds. The third kappa shape index (κ3) is 2.05. The fourth-order valence-electron chi connectivity index (χ4n) is 0.609. The van der Waals surface area contributed by atoms with Gasteiger partial charge in [-0.2, -0.15) is 0 Å². The van der Waals surface area contributed by atoms with E-state index in [1.54, 1.807) is 0 Å². The van der Waals surface area contributed by atoms with E-state index in [1.807, 2.05) is 22.6 Å². The van der Waals surface area contributed by atoms with Crippen LogP contribution < -0.4 is 0 Å². The van der Waals surface area contributed by atoms with E-state index in [-0.39, 0.29) is 15.1 Å². The predicted octanol–water partition coefficient (Wildman–Crippen LogP) is 4.04. The first-order valence-corrected chi connectivity index (χ1v) is 5.06. The minimum atomic E-state index is -2.55. The predicted molar refractivity (Wildman–Crippen MR) is 54.6 cm³/mol. The molecule has 0 fully saturated rings. The Morgan fingerprint density at radius 1 is 1.58 bits per heavy atom. The van der Waals surface area contributed by atoms with Crippen LogP contribution in [0.15, 0.2) is 10.7 Å². The maximum absolute atomic E-state index is 12.2. The zero-order valence-electron chi connectivity index (χ0n) is 5.49. The van der Waals surface area contributed by atoms with Gasteiger partial charge in [-0.15, -0.1) is 0 Å². The van der Waals surface area contributed by atoms with Crippen LogP contribution in [0.2, 0.25) is 5.02 Å². The summed E-state index contributed by atoms with van der Waals surface area (Å²) in [6.07, 6.45) is -1.44. The minimum Gasteiger partial charge on any atom is -0.248 e. The van der Waals surface area contributed by atoms with Crippen LogP contribution in [0.1, 0.15) is 12.0 Å². The lowest BCUT2D eigenvalue weighted by Crippen LogP contribution is -1.92. The van der Waals surface area contributed by atoms with E-state index in [9.17, 15) is 8.78 Å². The molecule has 0 aromatic carbocycles. The summed E-state index contributed by atoms with van der Waals surface area (Å²) in [6.45, 7) is 0. The van der Waals surface area contributed by atoms with E-state index < -0.39 is 6.43 Å². The monoisotopic (exact) mass is 367 g/mol. The van der Waals surface area contributed by atoms with E-state index >= 15 is 0 Å². The van der Waals surface area contributed by atoms with Crippen molar-refractivity contribution in [3.63, 3.8) is 0 Å². The van der Waals surface area contributed by atoms with Crippen molar-refractivity contribution in [3.8, 4) is 0 Å². The Balaban J connectivity index is 3.27. The second-order valence-corrected chi connectivity index (χ2v) is 4.13. The number of rotatable bonds is 1. The zero-order chi connectivity index (χ0) is 9.30. The van der Waals surface area contributed by atoms with Gasteiger partial charge in [-0.25, -0.2) is 13.8 Å². The summed E-state index contributed by atoms with van der Waals surface area (Å²) >= 11 is 10.5. The summed E-state index contributed by atoms with van der Waals surface area (Å²) < 4.78 is 25.1. The van der Waals surface area contributed by atoms with E-state index in [2.05, 4.69) is 20.9 Å². The summed E-state index contributed by atoms with van der Waals surface area (Å²) in [5.74, 6) is 0. The number of pyridine rings is 1. The third-order valence-corrected chi connectivity index (χ3v) is 3.77. The molecule has 1 nitrogen and oxygen atoms in total. The largest absolute Gasteiger partial charge is 0.266 e. The summed E-state index contributed by atoms with van der Waals surface area (Å²) in [5.41, 5.74) is -0.180. The van der Waals surface area contributed by atoms with Gasteiger partial charge >= 0.3 is 0 Å². The third-order valence-electron chi connectivity index (χ3n) is 1.18. The van der Waals surface area contributed by atoms with Gasteiger partial charge in [0.25, 0.3) is 6.43 Å². The molecule has 66 valence electrons. The molecular formula is C6H2BrClF2IN. The molecule has 0 unspecified atom stereocenters. The van der Waals surface area contributed by atoms with Crippen molar-refractivity contribution in [1.29, 1.82) is 0 Å². The number of aromatic nitrogens is 1. The quantitative estimate of drug-likeness (QED) is 0.539. The first kappa shape index (κ1) is 10.6. The fourth-order valence-corrected chi connectivity index (χ4v) is 2.01. The van der Waals surface area contributed by atoms with Crippen LogP contribution in [0, 0.1) is 3.70 Å². The Labute approximate surface area is 94.8 Å². The highest BCUT2D eigenvalue weighted by Gasteiger charge is 2.16. The average Bonchev–Trinajstić information content (AvgIpc) is 2.00. The van der Waals surface area contributed by atoms with Crippen molar-refractivity contribution >= 4 is 50.1 Å². The molecule has 1 rings (SSSR count). The first-order valence-electron chi connectivity index (χ1n) is 2.81. The van der Waals surface area contributed by atoms with Crippen molar-refractivity contribution in [2.24, 2.45) is 0 Å². The van der Waals surface area contributed by atoms with Gasteiger partial charge in [-0.1, -0.05) is 11.6 Å². The van der Waals surface area contributed by atoms with Crippen molar-refractivity contribution < 1.29 is 8.78 Å². The highest BCUT2D eigenvalue weighted by molar-refractivity contribution is 14.1. The van der Waals surface area contributed by atoms with Crippen molar-refractivity contribution in [2.75, 3.05) is 0 Å². The number of nitrogens with zero attached hydrogens (tertiary/aromatic N) is 1. The Hall–Kier alpha value is 0.510. The van der Waals surface area contributed by atoms with Crippen LogP contribution in [-0.2, 0) is 0 Å². The minimum absolute atomic E-state index is 0.180. The molecule has 0 spiro atoms. The lowest BCUT2D eigenvalue weighted by molar-refractivity contribution is 0.150. The Morgan fingerprint density at radius 3 is 2.67 bits per heavy atom. The molecule has 0 saturated heterocycles. The molecule has 6 heteroatoms. The van der Waals surface area contributed by atoms with E-state index in [0.29, 0.717) is 3.70 Å². The van der Waals surface area contributed by atoms with Crippen LogP contribution in [-0.4, -0.2) is 4.98 Å². The number of hydrogen-bond acceptors (Lipinski definition) is 1. The molecule has 0 bridgehead atoms. The smallest absolute Gasteiger partial charge is 0.248 e. The normalized spacial score (nSPS) is 10.8. The number of alkyl halides is 2. The second kappa shape index (κ2) is 4.15. The van der Waals surface area contributed by atoms with Crippen LogP contribution in [0.5, 0.6) is 0 Å². The van der Waals surface area contributed by atoms with Crippen LogP contribution in [0.4, 0.5) is 8.78 Å². The molecule has 0 atom stereocenters. The van der Waals surface area contributed by atoms with Gasteiger partial charge in [0.05, 0.1) is 10.6 Å². The average molecular weight is 368 g/mol. The first-order chi connectivity index (χ1) is 5.54. The molecule has 1 aromatic heterocycles. The van der Waals surface area contributed by atoms with Gasteiger partial charge in [0, 0.05) is 10.7 Å². The summed E-state index contributed by atoms with van der Waals surface area (Å²) in [4.78, 5) is 3.71. The highest BCUT2D eigenvalue weighted by Crippen LogP contribution is 2.34. The summed E-state index contributed by atoms with van der Waals surface area (Å²) in [7, 11) is 0. The van der Waals surface area contributed by atoms with E-state index in [0.717, 1.165) is 6.20 Å². The molecule has 0 aliphatic rings. The molecular weight excluding hydrogens is 366 g/mol. The molecule has 12 heavy (non-hydrogen) atoms. The van der Waals surface area contributed by atoms with Crippen LogP contribution in [0.25, 0.3) is 0 Å². The summed E-state index contributed by atoms with van der Waals surface area (Å²) in [6, 6.07) is 0. The van der Waals surface area contributed by atoms with Gasteiger partial charge < -0.3 is 0 Å². The second-order valence-electron chi connectivity index (χ2n) is 1.93. The van der Waals surface area contributed by atoms with Gasteiger partial charge in [0.15, 0.2) is 0 Å². The van der Waals surface area contributed by atoms with E-state index in [1.165, 1.54) is 0 Å². The van der Waals surface area contributed by atoms with Gasteiger partial charge in [-0.05, 0) is 38.5 Å². The van der Waals surface area contributed by atoms with Crippen molar-refractivity contribution in [2.45, 2.75) is 6.43 Å². The lowest BCUT2D eigenvalue weighted by Gasteiger charge is -2.04. The molecule has 1 aromatic rings. The zero-order valence-corrected chi connectivity index (χ0v) is 9.99.